The molecule has 3 heterocycles. The zero-order valence-corrected chi connectivity index (χ0v) is 16.0. The van der Waals surface area contributed by atoms with Gasteiger partial charge in [-0.25, -0.2) is 4.98 Å². The van der Waals surface area contributed by atoms with Crippen LogP contribution < -0.4 is 10.1 Å². The van der Waals surface area contributed by atoms with E-state index in [4.69, 9.17) is 21.4 Å². The molecule has 142 valence electrons. The number of aliphatic hydroxyl groups excluding tert-OH is 1. The molecule has 0 spiro atoms. The van der Waals surface area contributed by atoms with E-state index in [2.05, 4.69) is 32.4 Å². The van der Waals surface area contributed by atoms with Crippen LogP contribution in [0.3, 0.4) is 0 Å². The van der Waals surface area contributed by atoms with Crippen molar-refractivity contribution in [3.8, 4) is 28.1 Å². The van der Waals surface area contributed by atoms with Crippen LogP contribution in [0.5, 0.6) is 5.75 Å². The van der Waals surface area contributed by atoms with Crippen molar-refractivity contribution in [1.29, 1.82) is 0 Å². The Labute approximate surface area is 167 Å². The number of aromatic nitrogens is 3. The number of H-pyrrole nitrogens is 1. The molecule has 4 rings (SSSR count). The lowest BCUT2D eigenvalue weighted by molar-refractivity contribution is 0.311. The molecule has 3 aromatic heterocycles. The molecule has 0 amide bonds. The van der Waals surface area contributed by atoms with Crippen molar-refractivity contribution in [2.24, 2.45) is 0 Å². The molecular weight excluding hydrogens is 376 g/mol. The molecule has 0 bridgehead atoms. The molecule has 0 atom stereocenters. The van der Waals surface area contributed by atoms with E-state index in [1.165, 1.54) is 0 Å². The maximum absolute atomic E-state index is 8.88. The van der Waals surface area contributed by atoms with Crippen molar-refractivity contribution in [1.82, 2.24) is 15.0 Å². The summed E-state index contributed by atoms with van der Waals surface area (Å²) < 4.78 is 5.26. The van der Waals surface area contributed by atoms with E-state index in [-0.39, 0.29) is 6.61 Å². The Morgan fingerprint density at radius 1 is 1.07 bits per heavy atom. The minimum absolute atomic E-state index is 0.0646. The number of anilines is 1. The molecular formula is C21H19ClN4O2. The highest BCUT2D eigenvalue weighted by Gasteiger charge is 2.10. The predicted octanol–water partition coefficient (Wildman–Crippen LogP) is 4.36. The van der Waals surface area contributed by atoms with E-state index in [0.29, 0.717) is 17.3 Å². The van der Waals surface area contributed by atoms with Gasteiger partial charge in [-0.15, -0.1) is 0 Å². The summed E-state index contributed by atoms with van der Waals surface area (Å²) in [6, 6.07) is 11.8. The molecule has 0 saturated carbocycles. The number of pyridine rings is 2. The highest BCUT2D eigenvalue weighted by atomic mass is 35.5. The third-order valence-electron chi connectivity index (χ3n) is 4.45. The minimum Gasteiger partial charge on any atom is -0.495 e. The number of nitrogens with one attached hydrogen (secondary N) is 2. The van der Waals surface area contributed by atoms with Crippen LogP contribution in [0.2, 0.25) is 5.02 Å². The number of fused-ring (bicyclic) bond motifs is 1. The average molecular weight is 395 g/mol. The molecule has 1 aromatic carbocycles. The standard InChI is InChI=1S/C21H19ClN4O2/c1-28-17-7-16(10-23-12-17)14-6-15-9-19(26-21(15)18(22)8-14)13-2-3-20(25-11-13)24-4-5-27/h2-3,6-12,26-27H,4-5H2,1H3,(H,24,25). The van der Waals surface area contributed by atoms with Gasteiger partial charge in [0, 0.05) is 41.1 Å². The number of methoxy groups -OCH3 is 1. The largest absolute Gasteiger partial charge is 0.495 e. The number of nitrogens with zero attached hydrogens (tertiary/aromatic N) is 2. The van der Waals surface area contributed by atoms with Crippen LogP contribution in [0.15, 0.2) is 55.0 Å². The van der Waals surface area contributed by atoms with Crippen LogP contribution in [-0.2, 0) is 0 Å². The quantitative estimate of drug-likeness (QED) is 0.452. The van der Waals surface area contributed by atoms with Gasteiger partial charge >= 0.3 is 0 Å². The van der Waals surface area contributed by atoms with Crippen molar-refractivity contribution in [2.45, 2.75) is 0 Å². The van der Waals surface area contributed by atoms with Crippen molar-refractivity contribution in [3.05, 3.63) is 60.0 Å². The molecule has 0 saturated heterocycles. The van der Waals surface area contributed by atoms with Gasteiger partial charge in [-0.3, -0.25) is 4.98 Å². The molecule has 0 aliphatic carbocycles. The summed E-state index contributed by atoms with van der Waals surface area (Å²) in [4.78, 5) is 12.0. The van der Waals surface area contributed by atoms with Gasteiger partial charge in [-0.2, -0.15) is 0 Å². The number of benzene rings is 1. The van der Waals surface area contributed by atoms with E-state index in [1.54, 1.807) is 25.7 Å². The maximum Gasteiger partial charge on any atom is 0.137 e. The fourth-order valence-electron chi connectivity index (χ4n) is 3.05. The summed E-state index contributed by atoms with van der Waals surface area (Å²) in [7, 11) is 1.62. The maximum atomic E-state index is 8.88. The first-order chi connectivity index (χ1) is 13.7. The number of rotatable bonds is 6. The average Bonchev–Trinajstić information content (AvgIpc) is 3.17. The van der Waals surface area contributed by atoms with Gasteiger partial charge in [-0.05, 0) is 42.0 Å². The Morgan fingerprint density at radius 2 is 1.96 bits per heavy atom. The molecule has 3 N–H and O–H groups in total. The van der Waals surface area contributed by atoms with Crippen LogP contribution in [0.1, 0.15) is 0 Å². The Kier molecular flexibility index (Phi) is 5.14. The topological polar surface area (TPSA) is 83.1 Å². The number of aliphatic hydroxyl groups is 1. The van der Waals surface area contributed by atoms with Gasteiger partial charge in [0.1, 0.15) is 11.6 Å². The second-order valence-electron chi connectivity index (χ2n) is 6.30. The van der Waals surface area contributed by atoms with E-state index < -0.39 is 0 Å². The Balaban J connectivity index is 1.70. The Morgan fingerprint density at radius 3 is 2.71 bits per heavy atom. The number of hydrogen-bond donors (Lipinski definition) is 3. The van der Waals surface area contributed by atoms with Gasteiger partial charge in [-0.1, -0.05) is 11.6 Å². The SMILES string of the molecule is COc1cncc(-c2cc(Cl)c3[nH]c(-c4ccc(NCCO)nc4)cc3c2)c1. The zero-order chi connectivity index (χ0) is 19.5. The highest BCUT2D eigenvalue weighted by Crippen LogP contribution is 2.34. The first kappa shape index (κ1) is 18.3. The molecule has 0 radical (unpaired) electrons. The lowest BCUT2D eigenvalue weighted by atomic mass is 10.1. The second kappa shape index (κ2) is 7.88. The Hall–Kier alpha value is -3.09. The lowest BCUT2D eigenvalue weighted by Gasteiger charge is -2.05. The summed E-state index contributed by atoms with van der Waals surface area (Å²) >= 11 is 6.54. The van der Waals surface area contributed by atoms with Gasteiger partial charge in [0.15, 0.2) is 0 Å². The molecule has 7 heteroatoms. The van der Waals surface area contributed by atoms with Gasteiger partial charge in [0.25, 0.3) is 0 Å². The normalized spacial score (nSPS) is 11.0. The molecule has 6 nitrogen and oxygen atoms in total. The summed E-state index contributed by atoms with van der Waals surface area (Å²) in [5.74, 6) is 1.42. The minimum atomic E-state index is 0.0646. The number of ether oxygens (including phenoxy) is 1. The van der Waals surface area contributed by atoms with Crippen LogP contribution in [0.4, 0.5) is 5.82 Å². The molecule has 0 unspecified atom stereocenters. The molecule has 0 aliphatic rings. The molecule has 0 aliphatic heterocycles. The smallest absolute Gasteiger partial charge is 0.137 e. The number of halogens is 1. The van der Waals surface area contributed by atoms with E-state index in [9.17, 15) is 0 Å². The number of hydrogen-bond acceptors (Lipinski definition) is 5. The Bertz CT molecular complexity index is 1110. The van der Waals surface area contributed by atoms with Gasteiger partial charge < -0.3 is 20.1 Å². The third kappa shape index (κ3) is 3.65. The first-order valence-corrected chi connectivity index (χ1v) is 9.18. The summed E-state index contributed by atoms with van der Waals surface area (Å²) in [6.07, 6.45) is 5.24. The molecule has 28 heavy (non-hydrogen) atoms. The zero-order valence-electron chi connectivity index (χ0n) is 15.2. The summed E-state index contributed by atoms with van der Waals surface area (Å²) in [5, 5.41) is 13.6. The van der Waals surface area contributed by atoms with E-state index >= 15 is 0 Å². The van der Waals surface area contributed by atoms with Crippen molar-refractivity contribution >= 4 is 28.3 Å². The van der Waals surface area contributed by atoms with Crippen LogP contribution >= 0.6 is 11.6 Å². The monoisotopic (exact) mass is 394 g/mol. The van der Waals surface area contributed by atoms with Crippen molar-refractivity contribution < 1.29 is 9.84 Å². The van der Waals surface area contributed by atoms with Gasteiger partial charge in [0.2, 0.25) is 0 Å². The lowest BCUT2D eigenvalue weighted by Crippen LogP contribution is -2.06. The van der Waals surface area contributed by atoms with Gasteiger partial charge in [0.05, 0.1) is 30.5 Å². The number of aromatic amines is 1. The van der Waals surface area contributed by atoms with Crippen molar-refractivity contribution in [3.63, 3.8) is 0 Å². The van der Waals surface area contributed by atoms with Crippen LogP contribution in [-0.4, -0.2) is 40.3 Å². The van der Waals surface area contributed by atoms with E-state index in [1.807, 2.05) is 24.3 Å². The summed E-state index contributed by atoms with van der Waals surface area (Å²) in [5.41, 5.74) is 4.66. The van der Waals surface area contributed by atoms with Crippen LogP contribution in [0.25, 0.3) is 33.3 Å². The highest BCUT2D eigenvalue weighted by molar-refractivity contribution is 6.35. The summed E-state index contributed by atoms with van der Waals surface area (Å²) in [6.45, 7) is 0.533. The fourth-order valence-corrected chi connectivity index (χ4v) is 3.33. The van der Waals surface area contributed by atoms with E-state index in [0.717, 1.165) is 39.1 Å². The molecule has 4 aromatic rings. The van der Waals surface area contributed by atoms with Crippen molar-refractivity contribution in [2.75, 3.05) is 25.6 Å². The first-order valence-electron chi connectivity index (χ1n) is 8.81. The second-order valence-corrected chi connectivity index (χ2v) is 6.71. The predicted molar refractivity (Wildman–Crippen MR) is 112 cm³/mol. The van der Waals surface area contributed by atoms with Crippen LogP contribution in [0, 0.1) is 0 Å². The third-order valence-corrected chi connectivity index (χ3v) is 4.75. The molecule has 0 fully saturated rings. The fraction of sp³-hybridized carbons (Fsp3) is 0.143.